The molecule has 4 rings (SSSR count). The topological polar surface area (TPSA) is 91.4 Å². The van der Waals surface area contributed by atoms with Gasteiger partial charge in [-0.15, -0.1) is 11.3 Å². The van der Waals surface area contributed by atoms with Crippen LogP contribution in [0, 0.1) is 0 Å². The highest BCUT2D eigenvalue weighted by molar-refractivity contribution is 7.17. The first-order chi connectivity index (χ1) is 13.1. The van der Waals surface area contributed by atoms with Crippen LogP contribution >= 0.6 is 11.3 Å². The molecule has 0 aliphatic carbocycles. The van der Waals surface area contributed by atoms with Crippen molar-refractivity contribution in [2.45, 2.75) is 6.54 Å². The molecule has 1 fully saturated rings. The van der Waals surface area contributed by atoms with Gasteiger partial charge in [0.2, 0.25) is 0 Å². The number of pyridine rings is 1. The van der Waals surface area contributed by atoms with E-state index in [9.17, 15) is 9.59 Å². The molecular formula is C18H19N5O3S. The molecule has 0 bridgehead atoms. The van der Waals surface area contributed by atoms with Gasteiger partial charge in [0, 0.05) is 26.3 Å². The molecule has 3 aromatic rings. The lowest BCUT2D eigenvalue weighted by atomic mass is 10.2. The number of hydrogen-bond acceptors (Lipinski definition) is 7. The minimum atomic E-state index is -0.178. The van der Waals surface area contributed by atoms with E-state index < -0.39 is 0 Å². The number of carbonyl (C=O) groups excluding carboxylic acids is 1. The van der Waals surface area contributed by atoms with Crippen LogP contribution < -0.4 is 10.5 Å². The van der Waals surface area contributed by atoms with Gasteiger partial charge in [-0.05, 0) is 23.6 Å². The van der Waals surface area contributed by atoms with Crippen LogP contribution in [0.3, 0.4) is 0 Å². The maximum Gasteiger partial charge on any atom is 0.268 e. The van der Waals surface area contributed by atoms with E-state index in [4.69, 9.17) is 4.74 Å². The summed E-state index contributed by atoms with van der Waals surface area (Å²) in [5, 5.41) is 1.83. The smallest absolute Gasteiger partial charge is 0.268 e. The number of amides is 1. The van der Waals surface area contributed by atoms with Crippen molar-refractivity contribution >= 4 is 33.3 Å². The summed E-state index contributed by atoms with van der Waals surface area (Å²) in [4.78, 5) is 39.9. The van der Waals surface area contributed by atoms with Gasteiger partial charge >= 0.3 is 0 Å². The first kappa shape index (κ1) is 17.6. The largest absolute Gasteiger partial charge is 0.378 e. The number of nitrogens with zero attached hydrogens (tertiary/aromatic N) is 4. The molecule has 0 aromatic carbocycles. The summed E-state index contributed by atoms with van der Waals surface area (Å²) in [5.74, 6) is 1.12. The number of aromatic nitrogens is 3. The highest BCUT2D eigenvalue weighted by Crippen LogP contribution is 2.16. The fourth-order valence-corrected chi connectivity index (χ4v) is 3.73. The van der Waals surface area contributed by atoms with Gasteiger partial charge in [0.15, 0.2) is 0 Å². The summed E-state index contributed by atoms with van der Waals surface area (Å²) in [7, 11) is 1.68. The lowest BCUT2D eigenvalue weighted by Gasteiger charge is -2.27. The Labute approximate surface area is 159 Å². The Morgan fingerprint density at radius 2 is 2.15 bits per heavy atom. The zero-order valence-electron chi connectivity index (χ0n) is 14.8. The zero-order chi connectivity index (χ0) is 18.8. The van der Waals surface area contributed by atoms with Gasteiger partial charge in [0.25, 0.3) is 11.5 Å². The van der Waals surface area contributed by atoms with E-state index in [1.807, 2.05) is 11.4 Å². The van der Waals surface area contributed by atoms with Crippen molar-refractivity contribution in [3.8, 4) is 0 Å². The molecule has 1 aliphatic heterocycles. The number of carbonyl (C=O) groups is 1. The monoisotopic (exact) mass is 385 g/mol. The minimum absolute atomic E-state index is 0.177. The highest BCUT2D eigenvalue weighted by atomic mass is 32.1. The molecule has 0 saturated carbocycles. The van der Waals surface area contributed by atoms with Gasteiger partial charge in [-0.2, -0.15) is 0 Å². The number of aromatic amines is 1. The lowest BCUT2D eigenvalue weighted by Crippen LogP contribution is -2.36. The summed E-state index contributed by atoms with van der Waals surface area (Å²) in [6, 6.07) is 5.42. The third kappa shape index (κ3) is 3.69. The maximum atomic E-state index is 12.7. The molecule has 0 atom stereocenters. The Balaban J connectivity index is 1.47. The Morgan fingerprint density at radius 1 is 1.33 bits per heavy atom. The van der Waals surface area contributed by atoms with Gasteiger partial charge in [0.1, 0.15) is 16.3 Å². The van der Waals surface area contributed by atoms with E-state index in [0.717, 1.165) is 18.9 Å². The number of ether oxygens (including phenoxy) is 1. The minimum Gasteiger partial charge on any atom is -0.378 e. The predicted molar refractivity (Wildman–Crippen MR) is 103 cm³/mol. The van der Waals surface area contributed by atoms with Gasteiger partial charge in [-0.1, -0.05) is 0 Å². The van der Waals surface area contributed by atoms with E-state index in [1.54, 1.807) is 25.4 Å². The average Bonchev–Trinajstić information content (AvgIpc) is 3.17. The highest BCUT2D eigenvalue weighted by Gasteiger charge is 2.17. The second-order valence-corrected chi connectivity index (χ2v) is 7.23. The van der Waals surface area contributed by atoms with Crippen molar-refractivity contribution in [2.75, 3.05) is 38.3 Å². The molecule has 27 heavy (non-hydrogen) atoms. The summed E-state index contributed by atoms with van der Waals surface area (Å²) in [5.41, 5.74) is 0.965. The zero-order valence-corrected chi connectivity index (χ0v) is 15.7. The molecule has 1 N–H and O–H groups in total. The number of fused-ring (bicyclic) bond motifs is 1. The molecule has 0 unspecified atom stereocenters. The van der Waals surface area contributed by atoms with Crippen LogP contribution in [0.5, 0.6) is 0 Å². The molecule has 0 spiro atoms. The Hall–Kier alpha value is -2.78. The lowest BCUT2D eigenvalue weighted by molar-refractivity contribution is 0.0781. The van der Waals surface area contributed by atoms with Crippen LogP contribution in [0.1, 0.15) is 16.2 Å². The number of nitrogens with one attached hydrogen (secondary N) is 1. The average molecular weight is 385 g/mol. The van der Waals surface area contributed by atoms with Crippen LogP contribution in [-0.4, -0.2) is 59.1 Å². The predicted octanol–water partition coefficient (Wildman–Crippen LogP) is 1.49. The van der Waals surface area contributed by atoms with Crippen molar-refractivity contribution in [3.05, 3.63) is 51.5 Å². The Kier molecular flexibility index (Phi) is 4.87. The van der Waals surface area contributed by atoms with Crippen LogP contribution in [0.4, 0.5) is 5.82 Å². The first-order valence-electron chi connectivity index (χ1n) is 8.62. The summed E-state index contributed by atoms with van der Waals surface area (Å²) >= 11 is 1.35. The molecule has 1 aliphatic rings. The van der Waals surface area contributed by atoms with Crippen LogP contribution in [0.2, 0.25) is 0 Å². The number of thiophene rings is 1. The number of rotatable bonds is 4. The summed E-state index contributed by atoms with van der Waals surface area (Å²) in [6.07, 6.45) is 1.59. The quantitative estimate of drug-likeness (QED) is 0.732. The van der Waals surface area contributed by atoms with Crippen LogP contribution in [0.15, 0.2) is 34.6 Å². The molecule has 140 valence electrons. The van der Waals surface area contributed by atoms with Gasteiger partial charge in [-0.3, -0.25) is 9.59 Å². The fourth-order valence-electron chi connectivity index (χ4n) is 3.01. The van der Waals surface area contributed by atoms with E-state index in [2.05, 4.69) is 19.9 Å². The van der Waals surface area contributed by atoms with Gasteiger partial charge in [0.05, 0.1) is 30.8 Å². The Bertz CT molecular complexity index is 1010. The maximum absolute atomic E-state index is 12.7. The number of anilines is 1. The molecule has 0 radical (unpaired) electrons. The second kappa shape index (κ2) is 7.45. The molecule has 9 heteroatoms. The molecule has 8 nitrogen and oxygen atoms in total. The van der Waals surface area contributed by atoms with Crippen molar-refractivity contribution in [1.82, 2.24) is 19.9 Å². The third-order valence-electron chi connectivity index (χ3n) is 4.43. The summed E-state index contributed by atoms with van der Waals surface area (Å²) < 4.78 is 5.93. The number of H-pyrrole nitrogens is 1. The molecule has 4 heterocycles. The van der Waals surface area contributed by atoms with E-state index >= 15 is 0 Å². The standard InChI is InChI=1S/C18H19N5O3S/c1-22(11-14-20-13-4-9-27-16(13)17(24)21-14)18(25)12-2-3-15(19-10-12)23-5-7-26-8-6-23/h2-4,9-10H,5-8,11H2,1H3,(H,20,21,24). The number of morpholine rings is 1. The molecule has 3 aromatic heterocycles. The summed E-state index contributed by atoms with van der Waals surface area (Å²) in [6.45, 7) is 3.18. The van der Waals surface area contributed by atoms with E-state index in [0.29, 0.717) is 34.8 Å². The van der Waals surface area contributed by atoms with Gasteiger partial charge < -0.3 is 19.5 Å². The third-order valence-corrected chi connectivity index (χ3v) is 5.33. The molecular weight excluding hydrogens is 366 g/mol. The van der Waals surface area contributed by atoms with Crippen molar-refractivity contribution < 1.29 is 9.53 Å². The van der Waals surface area contributed by atoms with Gasteiger partial charge in [-0.25, -0.2) is 9.97 Å². The van der Waals surface area contributed by atoms with E-state index in [1.165, 1.54) is 16.2 Å². The first-order valence-corrected chi connectivity index (χ1v) is 9.50. The van der Waals surface area contributed by atoms with Crippen molar-refractivity contribution in [3.63, 3.8) is 0 Å². The SMILES string of the molecule is CN(Cc1nc2ccsc2c(=O)[nH]1)C(=O)c1ccc(N2CCOCC2)nc1. The van der Waals surface area contributed by atoms with Crippen LogP contribution in [0.25, 0.3) is 10.2 Å². The molecule has 1 amide bonds. The van der Waals surface area contributed by atoms with Crippen molar-refractivity contribution in [1.29, 1.82) is 0 Å². The second-order valence-electron chi connectivity index (χ2n) is 6.31. The Morgan fingerprint density at radius 3 is 2.89 bits per heavy atom. The van der Waals surface area contributed by atoms with Crippen LogP contribution in [-0.2, 0) is 11.3 Å². The number of hydrogen-bond donors (Lipinski definition) is 1. The van der Waals surface area contributed by atoms with E-state index in [-0.39, 0.29) is 18.0 Å². The molecule has 1 saturated heterocycles. The fraction of sp³-hybridized carbons (Fsp3) is 0.333. The van der Waals surface area contributed by atoms with Crippen molar-refractivity contribution in [2.24, 2.45) is 0 Å². The normalized spacial score (nSPS) is 14.5.